The van der Waals surface area contributed by atoms with E-state index in [0.29, 0.717) is 17.9 Å². The Labute approximate surface area is 135 Å². The van der Waals surface area contributed by atoms with Gasteiger partial charge in [0, 0.05) is 47.3 Å². The summed E-state index contributed by atoms with van der Waals surface area (Å²) < 4.78 is 5.91. The first-order valence-electron chi connectivity index (χ1n) is 6.94. The standard InChI is InChI=1S/C14H29N3O.HI/c1-11(2)13-12(8-7-9-18-13)10-15-14(16(3)4)17(5)6;/h11-13H,7-10H2,1-6H3;1H. The van der Waals surface area contributed by atoms with E-state index in [2.05, 4.69) is 23.6 Å². The van der Waals surface area contributed by atoms with Crippen molar-refractivity contribution in [2.45, 2.75) is 32.8 Å². The second-order valence-corrected chi connectivity index (χ2v) is 5.91. The zero-order chi connectivity index (χ0) is 13.7. The predicted octanol–water partition coefficient (Wildman–Crippen LogP) is 2.53. The smallest absolute Gasteiger partial charge is 0.195 e. The highest BCUT2D eigenvalue weighted by Gasteiger charge is 2.28. The van der Waals surface area contributed by atoms with Crippen LogP contribution < -0.4 is 0 Å². The lowest BCUT2D eigenvalue weighted by atomic mass is 9.87. The molecule has 19 heavy (non-hydrogen) atoms. The molecule has 0 amide bonds. The van der Waals surface area contributed by atoms with Gasteiger partial charge in [-0.3, -0.25) is 4.99 Å². The molecule has 1 heterocycles. The minimum atomic E-state index is 0. The van der Waals surface area contributed by atoms with Crippen molar-refractivity contribution in [3.05, 3.63) is 0 Å². The Bertz CT molecular complexity index is 270. The monoisotopic (exact) mass is 383 g/mol. The van der Waals surface area contributed by atoms with Crippen molar-refractivity contribution in [2.24, 2.45) is 16.8 Å². The fraction of sp³-hybridized carbons (Fsp3) is 0.929. The molecule has 0 aromatic carbocycles. The number of halogens is 1. The van der Waals surface area contributed by atoms with Crippen LogP contribution in [0.5, 0.6) is 0 Å². The van der Waals surface area contributed by atoms with Crippen LogP contribution in [0.2, 0.25) is 0 Å². The largest absolute Gasteiger partial charge is 0.378 e. The second kappa shape index (κ2) is 9.00. The van der Waals surface area contributed by atoms with Crippen LogP contribution in [0, 0.1) is 11.8 Å². The number of guanidine groups is 1. The molecule has 1 saturated heterocycles. The first kappa shape index (κ1) is 19.0. The lowest BCUT2D eigenvalue weighted by molar-refractivity contribution is -0.0492. The van der Waals surface area contributed by atoms with Gasteiger partial charge in [0.25, 0.3) is 0 Å². The third-order valence-electron chi connectivity index (χ3n) is 3.42. The van der Waals surface area contributed by atoms with Crippen molar-refractivity contribution in [2.75, 3.05) is 41.3 Å². The van der Waals surface area contributed by atoms with Crippen LogP contribution in [-0.2, 0) is 4.74 Å². The van der Waals surface area contributed by atoms with E-state index in [9.17, 15) is 0 Å². The summed E-state index contributed by atoms with van der Waals surface area (Å²) in [6, 6.07) is 0. The molecule has 0 aromatic rings. The normalized spacial score (nSPS) is 22.7. The second-order valence-electron chi connectivity index (χ2n) is 5.91. The molecule has 0 spiro atoms. The van der Waals surface area contributed by atoms with E-state index in [1.54, 1.807) is 0 Å². The van der Waals surface area contributed by atoms with Gasteiger partial charge in [0.2, 0.25) is 0 Å². The van der Waals surface area contributed by atoms with Gasteiger partial charge >= 0.3 is 0 Å². The molecular weight excluding hydrogens is 353 g/mol. The van der Waals surface area contributed by atoms with E-state index in [-0.39, 0.29) is 24.0 Å². The molecule has 0 N–H and O–H groups in total. The van der Waals surface area contributed by atoms with Gasteiger partial charge in [0.15, 0.2) is 5.96 Å². The molecule has 1 fully saturated rings. The van der Waals surface area contributed by atoms with Gasteiger partial charge in [-0.05, 0) is 18.8 Å². The van der Waals surface area contributed by atoms with Crippen LogP contribution in [0.3, 0.4) is 0 Å². The number of rotatable bonds is 3. The van der Waals surface area contributed by atoms with Gasteiger partial charge in [-0.1, -0.05) is 13.8 Å². The Morgan fingerprint density at radius 3 is 2.26 bits per heavy atom. The summed E-state index contributed by atoms with van der Waals surface area (Å²) in [5.41, 5.74) is 0. The van der Waals surface area contributed by atoms with Gasteiger partial charge in [-0.25, -0.2) is 0 Å². The zero-order valence-electron chi connectivity index (χ0n) is 13.2. The summed E-state index contributed by atoms with van der Waals surface area (Å²) in [6.45, 7) is 6.27. The molecule has 0 bridgehead atoms. The highest BCUT2D eigenvalue weighted by atomic mass is 127. The van der Waals surface area contributed by atoms with Crippen LogP contribution >= 0.6 is 24.0 Å². The molecule has 4 nitrogen and oxygen atoms in total. The summed E-state index contributed by atoms with van der Waals surface area (Å²) in [6.07, 6.45) is 2.77. The van der Waals surface area contributed by atoms with E-state index in [0.717, 1.165) is 19.1 Å². The molecule has 0 aliphatic carbocycles. The summed E-state index contributed by atoms with van der Waals surface area (Å²) in [4.78, 5) is 8.89. The van der Waals surface area contributed by atoms with Crippen molar-refractivity contribution in [3.63, 3.8) is 0 Å². The first-order valence-corrected chi connectivity index (χ1v) is 6.94. The van der Waals surface area contributed by atoms with Crippen LogP contribution in [0.4, 0.5) is 0 Å². The maximum absolute atomic E-state index is 5.91. The quantitative estimate of drug-likeness (QED) is 0.426. The topological polar surface area (TPSA) is 28.1 Å². The Kier molecular flexibility index (Phi) is 8.98. The van der Waals surface area contributed by atoms with Gasteiger partial charge < -0.3 is 14.5 Å². The number of hydrogen-bond donors (Lipinski definition) is 0. The highest BCUT2D eigenvalue weighted by Crippen LogP contribution is 2.26. The average Bonchev–Trinajstić information content (AvgIpc) is 2.28. The van der Waals surface area contributed by atoms with E-state index >= 15 is 0 Å². The van der Waals surface area contributed by atoms with Crippen molar-refractivity contribution >= 4 is 29.9 Å². The SMILES string of the molecule is CC(C)C1OCCCC1CN=C(N(C)C)N(C)C.I. The average molecular weight is 383 g/mol. The predicted molar refractivity (Wildman–Crippen MR) is 92.4 cm³/mol. The Hall–Kier alpha value is -0.0400. The van der Waals surface area contributed by atoms with E-state index in [4.69, 9.17) is 9.73 Å². The minimum Gasteiger partial charge on any atom is -0.378 e. The van der Waals surface area contributed by atoms with Crippen LogP contribution in [0.25, 0.3) is 0 Å². The van der Waals surface area contributed by atoms with Gasteiger partial charge in [0.05, 0.1) is 6.10 Å². The lowest BCUT2D eigenvalue weighted by Crippen LogP contribution is -2.38. The fourth-order valence-corrected chi connectivity index (χ4v) is 2.68. The highest BCUT2D eigenvalue weighted by molar-refractivity contribution is 14.0. The zero-order valence-corrected chi connectivity index (χ0v) is 15.5. The molecule has 0 radical (unpaired) electrons. The number of ether oxygens (including phenoxy) is 1. The van der Waals surface area contributed by atoms with Crippen molar-refractivity contribution in [1.29, 1.82) is 0 Å². The van der Waals surface area contributed by atoms with Crippen LogP contribution in [-0.4, -0.2) is 63.2 Å². The maximum Gasteiger partial charge on any atom is 0.195 e. The Balaban J connectivity index is 0.00000324. The van der Waals surface area contributed by atoms with Gasteiger partial charge in [0.1, 0.15) is 0 Å². The van der Waals surface area contributed by atoms with Crippen molar-refractivity contribution in [3.8, 4) is 0 Å². The molecule has 1 aliphatic heterocycles. The molecule has 114 valence electrons. The third kappa shape index (κ3) is 5.85. The van der Waals surface area contributed by atoms with Crippen LogP contribution in [0.15, 0.2) is 4.99 Å². The number of hydrogen-bond acceptors (Lipinski definition) is 2. The first-order chi connectivity index (χ1) is 8.43. The summed E-state index contributed by atoms with van der Waals surface area (Å²) >= 11 is 0. The molecule has 1 rings (SSSR count). The van der Waals surface area contributed by atoms with Crippen molar-refractivity contribution < 1.29 is 4.74 Å². The van der Waals surface area contributed by atoms with E-state index < -0.39 is 0 Å². The van der Waals surface area contributed by atoms with Gasteiger partial charge in [-0.15, -0.1) is 24.0 Å². The number of aliphatic imine (C=N–C) groups is 1. The summed E-state index contributed by atoms with van der Waals surface area (Å²) in [7, 11) is 8.15. The fourth-order valence-electron chi connectivity index (χ4n) is 2.68. The molecular formula is C14H30IN3O. The van der Waals surface area contributed by atoms with Crippen molar-refractivity contribution in [1.82, 2.24) is 9.80 Å². The van der Waals surface area contributed by atoms with E-state index in [1.165, 1.54) is 12.8 Å². The molecule has 1 aliphatic rings. The minimum absolute atomic E-state index is 0. The summed E-state index contributed by atoms with van der Waals surface area (Å²) in [5.74, 6) is 2.17. The third-order valence-corrected chi connectivity index (χ3v) is 3.42. The molecule has 0 aromatic heterocycles. The number of nitrogens with zero attached hydrogens (tertiary/aromatic N) is 3. The maximum atomic E-state index is 5.91. The molecule has 2 unspecified atom stereocenters. The van der Waals surface area contributed by atoms with E-state index in [1.807, 2.05) is 28.2 Å². The van der Waals surface area contributed by atoms with Crippen LogP contribution in [0.1, 0.15) is 26.7 Å². The lowest BCUT2D eigenvalue weighted by Gasteiger charge is -2.34. The van der Waals surface area contributed by atoms with Gasteiger partial charge in [-0.2, -0.15) is 0 Å². The molecule has 0 saturated carbocycles. The summed E-state index contributed by atoms with van der Waals surface area (Å²) in [5, 5.41) is 0. The Morgan fingerprint density at radius 2 is 1.79 bits per heavy atom. The molecule has 2 atom stereocenters. The molecule has 5 heteroatoms. The Morgan fingerprint density at radius 1 is 1.21 bits per heavy atom.